The van der Waals surface area contributed by atoms with Gasteiger partial charge in [-0.1, -0.05) is 152 Å². The normalized spacial score (nSPS) is 12.6. The molecule has 0 unspecified atom stereocenters. The maximum absolute atomic E-state index is 2.56. The Labute approximate surface area is 406 Å². The van der Waals surface area contributed by atoms with Gasteiger partial charge in [0.1, 0.15) is 0 Å². The smallest absolute Gasteiger partial charge is 0.0720 e. The van der Waals surface area contributed by atoms with E-state index in [4.69, 9.17) is 0 Å². The summed E-state index contributed by atoms with van der Waals surface area (Å²) >= 11 is 0. The van der Waals surface area contributed by atoms with Crippen molar-refractivity contribution in [1.29, 1.82) is 0 Å². The highest BCUT2D eigenvalue weighted by molar-refractivity contribution is 6.24. The maximum Gasteiger partial charge on any atom is 0.0720 e. The zero-order chi connectivity index (χ0) is 47.0. The SMILES string of the molecule is Cc1cc(N(c2ccccc2)c2ccc3c4c(c5ccccc5c3c2)-c2c(cc(N(c3ccccc3)c3cc(C)c(C)c(C)c3)c3ccccc23)C4(c2ccccc2)c2ccccc2)cc(C)c1C. The topological polar surface area (TPSA) is 6.48 Å². The molecule has 0 saturated carbocycles. The molecule has 0 saturated heterocycles. The van der Waals surface area contributed by atoms with Gasteiger partial charge in [0, 0.05) is 33.8 Å². The first-order valence-electron chi connectivity index (χ1n) is 24.3. The molecule has 0 bridgehead atoms. The van der Waals surface area contributed by atoms with Crippen molar-refractivity contribution in [1.82, 2.24) is 0 Å². The highest BCUT2D eigenvalue weighted by atomic mass is 15.1. The fourth-order valence-corrected chi connectivity index (χ4v) is 11.7. The number of para-hydroxylation sites is 2. The summed E-state index contributed by atoms with van der Waals surface area (Å²) in [5.41, 5.74) is 21.6. The lowest BCUT2D eigenvalue weighted by Gasteiger charge is -2.36. The summed E-state index contributed by atoms with van der Waals surface area (Å²) in [6, 6.07) is 81.9. The molecule has 0 aliphatic heterocycles. The molecule has 0 aromatic heterocycles. The van der Waals surface area contributed by atoms with E-state index in [1.165, 1.54) is 99.1 Å². The van der Waals surface area contributed by atoms with Crippen molar-refractivity contribution in [3.05, 3.63) is 274 Å². The average molecular weight is 887 g/mol. The molecule has 1 aliphatic rings. The van der Waals surface area contributed by atoms with Crippen LogP contribution in [0.25, 0.3) is 43.4 Å². The molecule has 0 N–H and O–H groups in total. The zero-order valence-electron chi connectivity index (χ0n) is 40.2. The molecule has 0 atom stereocenters. The Hall–Kier alpha value is -8.20. The van der Waals surface area contributed by atoms with E-state index in [0.717, 1.165) is 34.1 Å². The van der Waals surface area contributed by atoms with Crippen molar-refractivity contribution in [2.24, 2.45) is 0 Å². The molecular formula is C67H54N2. The minimum absolute atomic E-state index is 0.707. The van der Waals surface area contributed by atoms with Gasteiger partial charge in [0.15, 0.2) is 0 Å². The summed E-state index contributed by atoms with van der Waals surface area (Å²) in [6.07, 6.45) is 0. The molecule has 2 nitrogen and oxygen atoms in total. The quantitative estimate of drug-likeness (QED) is 0.140. The van der Waals surface area contributed by atoms with Gasteiger partial charge in [-0.2, -0.15) is 0 Å². The predicted octanol–water partition coefficient (Wildman–Crippen LogP) is 18.3. The lowest BCUT2D eigenvalue weighted by molar-refractivity contribution is 0.776. The predicted molar refractivity (Wildman–Crippen MR) is 294 cm³/mol. The van der Waals surface area contributed by atoms with Crippen molar-refractivity contribution in [2.75, 3.05) is 9.80 Å². The number of hydrogen-bond donors (Lipinski definition) is 0. The van der Waals surface area contributed by atoms with Gasteiger partial charge in [0.25, 0.3) is 0 Å². The van der Waals surface area contributed by atoms with Gasteiger partial charge in [-0.05, 0) is 202 Å². The molecule has 0 fully saturated rings. The number of aryl methyl sites for hydroxylation is 4. The Bertz CT molecular complexity index is 3690. The van der Waals surface area contributed by atoms with E-state index in [2.05, 4.69) is 270 Å². The maximum atomic E-state index is 2.56. The highest BCUT2D eigenvalue weighted by Gasteiger charge is 2.49. The van der Waals surface area contributed by atoms with Gasteiger partial charge >= 0.3 is 0 Å². The number of hydrogen-bond acceptors (Lipinski definition) is 2. The van der Waals surface area contributed by atoms with Crippen LogP contribution in [-0.4, -0.2) is 0 Å². The minimum Gasteiger partial charge on any atom is -0.310 e. The molecule has 12 rings (SSSR count). The molecule has 1 aliphatic carbocycles. The second-order valence-corrected chi connectivity index (χ2v) is 19.1. The monoisotopic (exact) mass is 886 g/mol. The van der Waals surface area contributed by atoms with Gasteiger partial charge in [-0.3, -0.25) is 0 Å². The summed E-state index contributed by atoms with van der Waals surface area (Å²) in [7, 11) is 0. The van der Waals surface area contributed by atoms with Crippen LogP contribution in [0.2, 0.25) is 0 Å². The fourth-order valence-electron chi connectivity index (χ4n) is 11.7. The molecule has 332 valence electrons. The lowest BCUT2D eigenvalue weighted by Crippen LogP contribution is -2.29. The Kier molecular flexibility index (Phi) is 10.1. The lowest BCUT2D eigenvalue weighted by atomic mass is 9.66. The third-order valence-electron chi connectivity index (χ3n) is 15.3. The third kappa shape index (κ3) is 6.54. The first kappa shape index (κ1) is 42.2. The van der Waals surface area contributed by atoms with E-state index in [9.17, 15) is 0 Å². The van der Waals surface area contributed by atoms with Crippen LogP contribution < -0.4 is 9.80 Å². The molecule has 11 aromatic carbocycles. The summed E-state index contributed by atoms with van der Waals surface area (Å²) < 4.78 is 0. The number of nitrogens with zero attached hydrogens (tertiary/aromatic N) is 2. The number of rotatable bonds is 8. The summed E-state index contributed by atoms with van der Waals surface area (Å²) in [5, 5.41) is 7.42. The van der Waals surface area contributed by atoms with Crippen LogP contribution in [0.4, 0.5) is 34.1 Å². The first-order chi connectivity index (χ1) is 33.7. The van der Waals surface area contributed by atoms with E-state index in [0.29, 0.717) is 0 Å². The summed E-state index contributed by atoms with van der Waals surface area (Å²) in [6.45, 7) is 13.4. The highest BCUT2D eigenvalue weighted by Crippen LogP contribution is 2.63. The summed E-state index contributed by atoms with van der Waals surface area (Å²) in [5.74, 6) is 0. The van der Waals surface area contributed by atoms with Crippen LogP contribution in [0.1, 0.15) is 55.6 Å². The van der Waals surface area contributed by atoms with Crippen molar-refractivity contribution in [2.45, 2.75) is 47.0 Å². The van der Waals surface area contributed by atoms with Crippen molar-refractivity contribution >= 4 is 66.4 Å². The molecular weight excluding hydrogens is 833 g/mol. The Balaban J connectivity index is 1.25. The molecule has 0 spiro atoms. The molecule has 0 radical (unpaired) electrons. The molecule has 0 heterocycles. The van der Waals surface area contributed by atoms with E-state index in [1.807, 2.05) is 0 Å². The van der Waals surface area contributed by atoms with Gasteiger partial charge in [-0.15, -0.1) is 0 Å². The van der Waals surface area contributed by atoms with Crippen LogP contribution in [0.5, 0.6) is 0 Å². The Morgan fingerprint density at radius 2 is 0.710 bits per heavy atom. The van der Waals surface area contributed by atoms with Crippen LogP contribution in [0.15, 0.2) is 218 Å². The Morgan fingerprint density at radius 3 is 1.23 bits per heavy atom. The van der Waals surface area contributed by atoms with Crippen molar-refractivity contribution < 1.29 is 0 Å². The van der Waals surface area contributed by atoms with Crippen molar-refractivity contribution in [3.8, 4) is 11.1 Å². The standard InChI is InChI=1S/C67H54N2/c1-43-37-54(38-44(2)47(43)5)68(51-27-15-9-16-28-51)53-35-36-60-61(41-53)56-31-19-21-33-58(56)65-64-59-34-22-20-32-57(59)63(69(52-29-17-10-18-30-52)55-39-45(3)48(6)46(4)40-55)42-62(64)67(66(60)65,49-23-11-7-12-24-49)50-25-13-8-14-26-50/h7-42H,1-6H3. The molecule has 11 aromatic rings. The summed E-state index contributed by atoms with van der Waals surface area (Å²) in [4.78, 5) is 4.94. The average Bonchev–Trinajstić information content (AvgIpc) is 3.71. The van der Waals surface area contributed by atoms with E-state index < -0.39 is 5.41 Å². The van der Waals surface area contributed by atoms with Crippen LogP contribution in [-0.2, 0) is 5.41 Å². The first-order valence-corrected chi connectivity index (χ1v) is 24.3. The van der Waals surface area contributed by atoms with Crippen LogP contribution in [0.3, 0.4) is 0 Å². The van der Waals surface area contributed by atoms with Gasteiger partial charge in [-0.25, -0.2) is 0 Å². The van der Waals surface area contributed by atoms with Gasteiger partial charge in [0.05, 0.1) is 11.1 Å². The van der Waals surface area contributed by atoms with Crippen LogP contribution >= 0.6 is 0 Å². The number of benzene rings is 11. The van der Waals surface area contributed by atoms with E-state index in [-0.39, 0.29) is 0 Å². The minimum atomic E-state index is -0.707. The fraction of sp³-hybridized carbons (Fsp3) is 0.104. The number of fused-ring (bicyclic) bond motifs is 10. The molecule has 2 heteroatoms. The van der Waals surface area contributed by atoms with Crippen molar-refractivity contribution in [3.63, 3.8) is 0 Å². The third-order valence-corrected chi connectivity index (χ3v) is 15.3. The largest absolute Gasteiger partial charge is 0.310 e. The molecule has 69 heavy (non-hydrogen) atoms. The van der Waals surface area contributed by atoms with Crippen LogP contribution in [0, 0.1) is 41.5 Å². The molecule has 0 amide bonds. The second-order valence-electron chi connectivity index (χ2n) is 19.1. The second kappa shape index (κ2) is 16.5. The zero-order valence-corrected chi connectivity index (χ0v) is 40.2. The van der Waals surface area contributed by atoms with Gasteiger partial charge in [0.2, 0.25) is 0 Å². The number of anilines is 6. The van der Waals surface area contributed by atoms with Gasteiger partial charge < -0.3 is 9.80 Å². The van der Waals surface area contributed by atoms with E-state index in [1.54, 1.807) is 0 Å². The van der Waals surface area contributed by atoms with E-state index >= 15 is 0 Å². The Morgan fingerprint density at radius 1 is 0.290 bits per heavy atom.